The van der Waals surface area contributed by atoms with E-state index in [1.165, 1.54) is 6.92 Å². The second-order valence-corrected chi connectivity index (χ2v) is 3.86. The third-order valence-corrected chi connectivity index (χ3v) is 2.76. The Morgan fingerprint density at radius 2 is 1.75 bits per heavy atom. The number of carbonyl (C=O) groups excluding carboxylic acids is 1. The molecule has 1 aromatic carbocycles. The van der Waals surface area contributed by atoms with Crippen molar-refractivity contribution in [1.82, 2.24) is 0 Å². The molecule has 2 aromatic rings. The number of phenolic OH excluding ortho intramolecular Hbond substituents is 2. The van der Waals surface area contributed by atoms with Crippen molar-refractivity contribution in [3.63, 3.8) is 0 Å². The average Bonchev–Trinajstić information content (AvgIpc) is 2.68. The van der Waals surface area contributed by atoms with Crippen LogP contribution in [0.4, 0.5) is 0 Å². The number of hydrogen-bond acceptors (Lipinski definition) is 4. The lowest BCUT2D eigenvalue weighted by molar-refractivity contribution is 0.0989. The first kappa shape index (κ1) is 10.5. The standard InChI is InChI=1S/C12H12O4/c1-5-8-4-9(7(3)13)16-12(8)6(2)11(15)10(5)14/h4,14-15H,1-3H3. The Morgan fingerprint density at radius 1 is 1.19 bits per heavy atom. The molecule has 0 atom stereocenters. The maximum Gasteiger partial charge on any atom is 0.194 e. The van der Waals surface area contributed by atoms with Gasteiger partial charge in [-0.2, -0.15) is 0 Å². The molecule has 2 N–H and O–H groups in total. The first-order chi connectivity index (χ1) is 7.43. The molecule has 2 rings (SSSR count). The number of furan rings is 1. The number of benzene rings is 1. The number of carbonyl (C=O) groups is 1. The van der Waals surface area contributed by atoms with Gasteiger partial charge in [0.1, 0.15) is 5.58 Å². The monoisotopic (exact) mass is 220 g/mol. The van der Waals surface area contributed by atoms with Gasteiger partial charge in [0.2, 0.25) is 0 Å². The normalized spacial score (nSPS) is 10.9. The van der Waals surface area contributed by atoms with Gasteiger partial charge in [-0.1, -0.05) is 0 Å². The smallest absolute Gasteiger partial charge is 0.194 e. The van der Waals surface area contributed by atoms with E-state index in [9.17, 15) is 15.0 Å². The van der Waals surface area contributed by atoms with Gasteiger partial charge in [-0.25, -0.2) is 0 Å². The van der Waals surface area contributed by atoms with Crippen LogP contribution in [-0.2, 0) is 0 Å². The SMILES string of the molecule is CC(=O)c1cc2c(C)c(O)c(O)c(C)c2o1. The average molecular weight is 220 g/mol. The zero-order valence-corrected chi connectivity index (χ0v) is 9.29. The third kappa shape index (κ3) is 1.26. The second-order valence-electron chi connectivity index (χ2n) is 3.86. The molecule has 16 heavy (non-hydrogen) atoms. The number of aromatic hydroxyl groups is 2. The minimum atomic E-state index is -0.200. The Hall–Kier alpha value is -1.97. The number of fused-ring (bicyclic) bond motifs is 1. The summed E-state index contributed by atoms with van der Waals surface area (Å²) in [6, 6.07) is 1.58. The molecule has 4 heteroatoms. The van der Waals surface area contributed by atoms with Crippen LogP contribution in [0.5, 0.6) is 11.5 Å². The van der Waals surface area contributed by atoms with E-state index in [-0.39, 0.29) is 23.0 Å². The summed E-state index contributed by atoms with van der Waals surface area (Å²) in [5.41, 5.74) is 1.39. The van der Waals surface area contributed by atoms with Gasteiger partial charge in [0.25, 0.3) is 0 Å². The number of rotatable bonds is 1. The highest BCUT2D eigenvalue weighted by Gasteiger charge is 2.18. The van der Waals surface area contributed by atoms with Crippen molar-refractivity contribution in [2.75, 3.05) is 0 Å². The number of ketones is 1. The summed E-state index contributed by atoms with van der Waals surface area (Å²) < 4.78 is 5.36. The fraction of sp³-hybridized carbons (Fsp3) is 0.250. The van der Waals surface area contributed by atoms with E-state index in [2.05, 4.69) is 0 Å². The largest absolute Gasteiger partial charge is 0.504 e. The van der Waals surface area contributed by atoms with Crippen LogP contribution < -0.4 is 0 Å². The number of aryl methyl sites for hydroxylation is 2. The van der Waals surface area contributed by atoms with E-state index in [1.54, 1.807) is 19.9 Å². The molecule has 0 aliphatic heterocycles. The van der Waals surface area contributed by atoms with Crippen molar-refractivity contribution in [2.45, 2.75) is 20.8 Å². The van der Waals surface area contributed by atoms with Gasteiger partial charge in [-0.05, 0) is 19.9 Å². The molecule has 0 bridgehead atoms. The minimum Gasteiger partial charge on any atom is -0.504 e. The van der Waals surface area contributed by atoms with Crippen LogP contribution in [0.3, 0.4) is 0 Å². The highest BCUT2D eigenvalue weighted by Crippen LogP contribution is 2.40. The highest BCUT2D eigenvalue weighted by molar-refractivity contribution is 5.98. The molecule has 0 aliphatic rings. The summed E-state index contributed by atoms with van der Waals surface area (Å²) in [6.07, 6.45) is 0. The molecule has 0 fully saturated rings. The Balaban J connectivity index is 2.92. The molecule has 0 saturated carbocycles. The van der Waals surface area contributed by atoms with Crippen molar-refractivity contribution in [1.29, 1.82) is 0 Å². The summed E-state index contributed by atoms with van der Waals surface area (Å²) in [4.78, 5) is 11.2. The number of phenols is 2. The molecule has 0 aliphatic carbocycles. The summed E-state index contributed by atoms with van der Waals surface area (Å²) in [7, 11) is 0. The predicted molar refractivity (Wildman–Crippen MR) is 59.0 cm³/mol. The fourth-order valence-electron chi connectivity index (χ4n) is 1.71. The first-order valence-electron chi connectivity index (χ1n) is 4.89. The van der Waals surface area contributed by atoms with E-state index in [0.717, 1.165) is 0 Å². The molecule has 1 heterocycles. The minimum absolute atomic E-state index is 0.166. The topological polar surface area (TPSA) is 70.7 Å². The maximum absolute atomic E-state index is 11.2. The Bertz CT molecular complexity index is 548. The van der Waals surface area contributed by atoms with Crippen LogP contribution in [-0.4, -0.2) is 16.0 Å². The zero-order chi connectivity index (χ0) is 12.0. The molecule has 0 saturated heterocycles. The van der Waals surface area contributed by atoms with Gasteiger partial charge in [-0.15, -0.1) is 0 Å². The van der Waals surface area contributed by atoms with Crippen LogP contribution in [0.15, 0.2) is 10.5 Å². The maximum atomic E-state index is 11.2. The van der Waals surface area contributed by atoms with Crippen LogP contribution >= 0.6 is 0 Å². The van der Waals surface area contributed by atoms with Crippen LogP contribution in [0.25, 0.3) is 11.0 Å². The first-order valence-corrected chi connectivity index (χ1v) is 4.89. The van der Waals surface area contributed by atoms with Crippen molar-refractivity contribution < 1.29 is 19.4 Å². The second kappa shape index (κ2) is 3.27. The molecule has 0 spiro atoms. The molecule has 84 valence electrons. The van der Waals surface area contributed by atoms with Gasteiger partial charge >= 0.3 is 0 Å². The van der Waals surface area contributed by atoms with E-state index < -0.39 is 0 Å². The van der Waals surface area contributed by atoms with Crippen LogP contribution in [0.2, 0.25) is 0 Å². The molecular weight excluding hydrogens is 208 g/mol. The summed E-state index contributed by atoms with van der Waals surface area (Å²) in [5, 5.41) is 19.9. The Kier molecular flexibility index (Phi) is 2.15. The van der Waals surface area contributed by atoms with E-state index in [4.69, 9.17) is 4.42 Å². The molecular formula is C12H12O4. The lowest BCUT2D eigenvalue weighted by Crippen LogP contribution is -1.85. The van der Waals surface area contributed by atoms with Gasteiger partial charge in [0.15, 0.2) is 23.0 Å². The lowest BCUT2D eigenvalue weighted by Gasteiger charge is -2.05. The van der Waals surface area contributed by atoms with Gasteiger partial charge in [0, 0.05) is 23.4 Å². The molecule has 0 amide bonds. The highest BCUT2D eigenvalue weighted by atomic mass is 16.3. The van der Waals surface area contributed by atoms with Crippen molar-refractivity contribution in [2.24, 2.45) is 0 Å². The molecule has 0 radical (unpaired) electrons. The quantitative estimate of drug-likeness (QED) is 0.572. The lowest BCUT2D eigenvalue weighted by atomic mass is 10.1. The fourth-order valence-corrected chi connectivity index (χ4v) is 1.71. The summed E-state index contributed by atoms with van der Waals surface area (Å²) >= 11 is 0. The van der Waals surface area contributed by atoms with Gasteiger partial charge in [0.05, 0.1) is 0 Å². The van der Waals surface area contributed by atoms with E-state index >= 15 is 0 Å². The third-order valence-electron chi connectivity index (χ3n) is 2.76. The summed E-state index contributed by atoms with van der Waals surface area (Å²) in [6.45, 7) is 4.70. The molecule has 1 aromatic heterocycles. The molecule has 0 unspecified atom stereocenters. The summed E-state index contributed by atoms with van der Waals surface area (Å²) in [5.74, 6) is -0.324. The van der Waals surface area contributed by atoms with Crippen LogP contribution in [0, 0.1) is 13.8 Å². The van der Waals surface area contributed by atoms with Crippen molar-refractivity contribution in [3.8, 4) is 11.5 Å². The Labute approximate surface area is 92.1 Å². The number of hydrogen-bond donors (Lipinski definition) is 2. The van der Waals surface area contributed by atoms with Crippen molar-refractivity contribution in [3.05, 3.63) is 23.0 Å². The predicted octanol–water partition coefficient (Wildman–Crippen LogP) is 2.66. The van der Waals surface area contributed by atoms with Gasteiger partial charge < -0.3 is 14.6 Å². The van der Waals surface area contributed by atoms with E-state index in [0.29, 0.717) is 22.1 Å². The van der Waals surface area contributed by atoms with Crippen LogP contribution in [0.1, 0.15) is 28.6 Å². The Morgan fingerprint density at radius 3 is 2.31 bits per heavy atom. The van der Waals surface area contributed by atoms with Crippen molar-refractivity contribution >= 4 is 16.8 Å². The number of Topliss-reactive ketones (excluding diaryl/α,β-unsaturated/α-hetero) is 1. The molecule has 4 nitrogen and oxygen atoms in total. The van der Waals surface area contributed by atoms with Gasteiger partial charge in [-0.3, -0.25) is 4.79 Å². The van der Waals surface area contributed by atoms with E-state index in [1.807, 2.05) is 0 Å². The zero-order valence-electron chi connectivity index (χ0n) is 9.29.